The van der Waals surface area contributed by atoms with Gasteiger partial charge in [0.15, 0.2) is 5.76 Å². The maximum Gasteiger partial charge on any atom is 0.223 e. The van der Waals surface area contributed by atoms with Gasteiger partial charge in [0, 0.05) is 11.7 Å². The SMILES string of the molecule is Cc1coc(-c2ccnc(NC(C)(C)C)n2)c1. The Morgan fingerprint density at radius 1 is 1.29 bits per heavy atom. The Bertz CT molecular complexity index is 511. The van der Waals surface area contributed by atoms with Crippen LogP contribution in [0.2, 0.25) is 0 Å². The number of furan rings is 1. The number of rotatable bonds is 2. The number of aromatic nitrogens is 2. The normalized spacial score (nSPS) is 11.5. The van der Waals surface area contributed by atoms with Crippen LogP contribution in [-0.2, 0) is 0 Å². The molecule has 0 spiro atoms. The van der Waals surface area contributed by atoms with E-state index in [2.05, 4.69) is 36.1 Å². The van der Waals surface area contributed by atoms with Crippen LogP contribution >= 0.6 is 0 Å². The number of hydrogen-bond donors (Lipinski definition) is 1. The van der Waals surface area contributed by atoms with Crippen molar-refractivity contribution in [2.75, 3.05) is 5.32 Å². The van der Waals surface area contributed by atoms with Gasteiger partial charge in [-0.3, -0.25) is 0 Å². The zero-order valence-corrected chi connectivity index (χ0v) is 10.6. The van der Waals surface area contributed by atoms with Crippen molar-refractivity contribution in [2.24, 2.45) is 0 Å². The molecule has 0 bridgehead atoms. The van der Waals surface area contributed by atoms with E-state index < -0.39 is 0 Å². The van der Waals surface area contributed by atoms with Gasteiger partial charge in [0.25, 0.3) is 0 Å². The summed E-state index contributed by atoms with van der Waals surface area (Å²) in [5, 5.41) is 3.23. The van der Waals surface area contributed by atoms with Crippen LogP contribution in [0.15, 0.2) is 29.0 Å². The van der Waals surface area contributed by atoms with Gasteiger partial charge < -0.3 is 9.73 Å². The molecule has 17 heavy (non-hydrogen) atoms. The van der Waals surface area contributed by atoms with Crippen molar-refractivity contribution in [3.05, 3.63) is 30.2 Å². The molecule has 0 aliphatic carbocycles. The molecule has 2 heterocycles. The molecule has 1 N–H and O–H groups in total. The highest BCUT2D eigenvalue weighted by Crippen LogP contribution is 2.21. The molecule has 0 radical (unpaired) electrons. The third-order valence-corrected chi connectivity index (χ3v) is 2.13. The third-order valence-electron chi connectivity index (χ3n) is 2.13. The van der Waals surface area contributed by atoms with Crippen molar-refractivity contribution in [3.8, 4) is 11.5 Å². The van der Waals surface area contributed by atoms with Crippen molar-refractivity contribution in [3.63, 3.8) is 0 Å². The van der Waals surface area contributed by atoms with Gasteiger partial charge in [0.1, 0.15) is 5.69 Å². The van der Waals surface area contributed by atoms with E-state index in [1.165, 1.54) is 0 Å². The second-order valence-corrected chi connectivity index (χ2v) is 5.13. The van der Waals surface area contributed by atoms with E-state index in [1.54, 1.807) is 12.5 Å². The molecule has 90 valence electrons. The Hall–Kier alpha value is -1.84. The van der Waals surface area contributed by atoms with Crippen molar-refractivity contribution in [2.45, 2.75) is 33.2 Å². The average Bonchev–Trinajstić information content (AvgIpc) is 2.63. The molecule has 0 saturated carbocycles. The second-order valence-electron chi connectivity index (χ2n) is 5.13. The minimum Gasteiger partial charge on any atom is -0.462 e. The van der Waals surface area contributed by atoms with Crippen molar-refractivity contribution >= 4 is 5.95 Å². The number of aryl methyl sites for hydroxylation is 1. The summed E-state index contributed by atoms with van der Waals surface area (Å²) in [4.78, 5) is 8.62. The highest BCUT2D eigenvalue weighted by molar-refractivity contribution is 5.54. The lowest BCUT2D eigenvalue weighted by atomic mass is 10.1. The van der Waals surface area contributed by atoms with Gasteiger partial charge in [0.05, 0.1) is 6.26 Å². The zero-order valence-electron chi connectivity index (χ0n) is 10.6. The van der Waals surface area contributed by atoms with Crippen LogP contribution in [0.5, 0.6) is 0 Å². The molecule has 2 aromatic heterocycles. The number of anilines is 1. The highest BCUT2D eigenvalue weighted by atomic mass is 16.3. The fourth-order valence-electron chi connectivity index (χ4n) is 1.46. The Morgan fingerprint density at radius 2 is 2.06 bits per heavy atom. The Labute approximate surface area is 101 Å². The van der Waals surface area contributed by atoms with Crippen LogP contribution in [0, 0.1) is 6.92 Å². The monoisotopic (exact) mass is 231 g/mol. The lowest BCUT2D eigenvalue weighted by molar-refractivity contribution is 0.577. The van der Waals surface area contributed by atoms with E-state index in [4.69, 9.17) is 4.42 Å². The maximum atomic E-state index is 5.42. The molecular weight excluding hydrogens is 214 g/mol. The average molecular weight is 231 g/mol. The van der Waals surface area contributed by atoms with Crippen molar-refractivity contribution < 1.29 is 4.42 Å². The minimum absolute atomic E-state index is 0.0578. The van der Waals surface area contributed by atoms with E-state index in [0.717, 1.165) is 17.0 Å². The molecule has 0 atom stereocenters. The first-order valence-electron chi connectivity index (χ1n) is 5.61. The summed E-state index contributed by atoms with van der Waals surface area (Å²) in [6.07, 6.45) is 3.45. The molecule has 0 fully saturated rings. The van der Waals surface area contributed by atoms with Gasteiger partial charge in [-0.05, 0) is 45.4 Å². The lowest BCUT2D eigenvalue weighted by Gasteiger charge is -2.20. The van der Waals surface area contributed by atoms with Crippen molar-refractivity contribution in [1.82, 2.24) is 9.97 Å². The molecule has 0 amide bonds. The summed E-state index contributed by atoms with van der Waals surface area (Å²) in [5.41, 5.74) is 1.82. The molecule has 4 heteroatoms. The van der Waals surface area contributed by atoms with Crippen LogP contribution in [0.3, 0.4) is 0 Å². The van der Waals surface area contributed by atoms with Crippen LogP contribution in [0.4, 0.5) is 5.95 Å². The summed E-state index contributed by atoms with van der Waals surface area (Å²) in [5.74, 6) is 1.38. The Balaban J connectivity index is 2.29. The standard InChI is InChI=1S/C13H17N3O/c1-9-7-11(17-8-9)10-5-6-14-12(15-10)16-13(2,3)4/h5-8H,1-4H3,(H,14,15,16). The Kier molecular flexibility index (Phi) is 2.88. The number of hydrogen-bond acceptors (Lipinski definition) is 4. The molecule has 2 rings (SSSR count). The Morgan fingerprint density at radius 3 is 2.65 bits per heavy atom. The van der Waals surface area contributed by atoms with Crippen LogP contribution < -0.4 is 5.32 Å². The molecule has 0 unspecified atom stereocenters. The van der Waals surface area contributed by atoms with E-state index in [0.29, 0.717) is 5.95 Å². The fraction of sp³-hybridized carbons (Fsp3) is 0.385. The van der Waals surface area contributed by atoms with Crippen molar-refractivity contribution in [1.29, 1.82) is 0 Å². The summed E-state index contributed by atoms with van der Waals surface area (Å²) in [6, 6.07) is 3.80. The van der Waals surface area contributed by atoms with E-state index in [-0.39, 0.29) is 5.54 Å². The summed E-state index contributed by atoms with van der Waals surface area (Å²) in [7, 11) is 0. The van der Waals surface area contributed by atoms with Gasteiger partial charge in [-0.1, -0.05) is 0 Å². The molecule has 2 aromatic rings. The first-order chi connectivity index (χ1) is 7.94. The van der Waals surface area contributed by atoms with Gasteiger partial charge in [0.2, 0.25) is 5.95 Å². The number of nitrogens with one attached hydrogen (secondary N) is 1. The lowest BCUT2D eigenvalue weighted by Crippen LogP contribution is -2.27. The molecular formula is C13H17N3O. The first-order valence-corrected chi connectivity index (χ1v) is 5.61. The largest absolute Gasteiger partial charge is 0.462 e. The highest BCUT2D eigenvalue weighted by Gasteiger charge is 2.12. The molecule has 0 aliphatic rings. The molecule has 0 aliphatic heterocycles. The van der Waals surface area contributed by atoms with E-state index >= 15 is 0 Å². The maximum absolute atomic E-state index is 5.42. The van der Waals surface area contributed by atoms with Gasteiger partial charge >= 0.3 is 0 Å². The summed E-state index contributed by atoms with van der Waals surface area (Å²) in [6.45, 7) is 8.20. The van der Waals surface area contributed by atoms with E-state index in [9.17, 15) is 0 Å². The minimum atomic E-state index is -0.0578. The third kappa shape index (κ3) is 3.06. The van der Waals surface area contributed by atoms with Gasteiger partial charge in [-0.25, -0.2) is 9.97 Å². The smallest absolute Gasteiger partial charge is 0.223 e. The van der Waals surface area contributed by atoms with Gasteiger partial charge in [-0.2, -0.15) is 0 Å². The van der Waals surface area contributed by atoms with Gasteiger partial charge in [-0.15, -0.1) is 0 Å². The van der Waals surface area contributed by atoms with Crippen LogP contribution in [-0.4, -0.2) is 15.5 Å². The predicted molar refractivity (Wildman–Crippen MR) is 67.8 cm³/mol. The van der Waals surface area contributed by atoms with Crippen LogP contribution in [0.1, 0.15) is 26.3 Å². The number of nitrogens with zero attached hydrogens (tertiary/aromatic N) is 2. The zero-order chi connectivity index (χ0) is 12.5. The summed E-state index contributed by atoms with van der Waals surface area (Å²) < 4.78 is 5.42. The quantitative estimate of drug-likeness (QED) is 0.862. The molecule has 4 nitrogen and oxygen atoms in total. The predicted octanol–water partition coefficient (Wildman–Crippen LogP) is 3.26. The fourth-order valence-corrected chi connectivity index (χ4v) is 1.46. The molecule has 0 saturated heterocycles. The van der Waals surface area contributed by atoms with E-state index in [1.807, 2.05) is 19.1 Å². The molecule has 0 aromatic carbocycles. The summed E-state index contributed by atoms with van der Waals surface area (Å²) >= 11 is 0. The van der Waals surface area contributed by atoms with Crippen LogP contribution in [0.25, 0.3) is 11.5 Å². The topological polar surface area (TPSA) is 51.0 Å². The second kappa shape index (κ2) is 4.20. The first kappa shape index (κ1) is 11.6.